The van der Waals surface area contributed by atoms with Crippen molar-refractivity contribution in [2.45, 2.75) is 15.6 Å². The van der Waals surface area contributed by atoms with Crippen LogP contribution in [0.3, 0.4) is 0 Å². The van der Waals surface area contributed by atoms with Crippen molar-refractivity contribution >= 4 is 63.4 Å². The van der Waals surface area contributed by atoms with Crippen LogP contribution in [0.15, 0.2) is 37.4 Å². The number of anilines is 1. The molecule has 0 bridgehead atoms. The summed E-state index contributed by atoms with van der Waals surface area (Å²) in [4.78, 5) is 24.5. The van der Waals surface area contributed by atoms with E-state index in [1.807, 2.05) is 12.3 Å². The lowest BCUT2D eigenvalue weighted by molar-refractivity contribution is -0.113. The minimum Gasteiger partial charge on any atom is -0.460 e. The second-order valence-electron chi connectivity index (χ2n) is 4.90. The number of nitrogens with one attached hydrogen (secondary N) is 1. The molecule has 3 rings (SSSR count). The molecular formula is C16H15N3O4S3. The van der Waals surface area contributed by atoms with Gasteiger partial charge in [0.2, 0.25) is 11.7 Å². The first kappa shape index (κ1) is 18.7. The van der Waals surface area contributed by atoms with Gasteiger partial charge in [-0.15, -0.1) is 10.2 Å². The van der Waals surface area contributed by atoms with Crippen molar-refractivity contribution in [3.63, 3.8) is 0 Å². The molecule has 0 aliphatic carbocycles. The van der Waals surface area contributed by atoms with E-state index in [1.54, 1.807) is 25.1 Å². The third-order valence-corrected chi connectivity index (χ3v) is 6.24. The molecular weight excluding hydrogens is 394 g/mol. The Morgan fingerprint density at radius 2 is 2.04 bits per heavy atom. The SMILES string of the molecule is CCOC(=O)c1oc2ccccc2c1NC(=O)CSc1nnc(SC)s1. The topological polar surface area (TPSA) is 94.3 Å². The number of nitrogens with zero attached hydrogens (tertiary/aromatic N) is 2. The van der Waals surface area contributed by atoms with Crippen LogP contribution in [-0.2, 0) is 9.53 Å². The number of esters is 1. The van der Waals surface area contributed by atoms with Gasteiger partial charge in [0, 0.05) is 5.39 Å². The zero-order valence-corrected chi connectivity index (χ0v) is 16.4. The fourth-order valence-corrected chi connectivity index (χ4v) is 4.39. The number of amides is 1. The average molecular weight is 410 g/mol. The highest BCUT2D eigenvalue weighted by atomic mass is 32.2. The number of hydrogen-bond acceptors (Lipinski definition) is 9. The van der Waals surface area contributed by atoms with Crippen LogP contribution in [0.1, 0.15) is 17.5 Å². The van der Waals surface area contributed by atoms with Crippen LogP contribution in [-0.4, -0.2) is 40.7 Å². The summed E-state index contributed by atoms with van der Waals surface area (Å²) in [5, 5.41) is 11.4. The molecule has 0 saturated carbocycles. The number of ether oxygens (including phenoxy) is 1. The van der Waals surface area contributed by atoms with Gasteiger partial charge >= 0.3 is 5.97 Å². The maximum absolute atomic E-state index is 12.4. The number of aromatic nitrogens is 2. The molecule has 1 N–H and O–H groups in total. The number of benzene rings is 1. The number of rotatable bonds is 7. The number of thioether (sulfide) groups is 2. The van der Waals surface area contributed by atoms with Crippen LogP contribution >= 0.6 is 34.9 Å². The second-order valence-corrected chi connectivity index (χ2v) is 8.15. The van der Waals surface area contributed by atoms with Crippen molar-refractivity contribution in [2.75, 3.05) is 23.9 Å². The Balaban J connectivity index is 1.77. The normalized spacial score (nSPS) is 10.8. The quantitative estimate of drug-likeness (QED) is 0.464. The molecule has 26 heavy (non-hydrogen) atoms. The lowest BCUT2D eigenvalue weighted by Crippen LogP contribution is -2.16. The number of fused-ring (bicyclic) bond motifs is 1. The minimum atomic E-state index is -0.611. The van der Waals surface area contributed by atoms with Gasteiger partial charge in [0.25, 0.3) is 0 Å². The molecule has 1 amide bonds. The summed E-state index contributed by atoms with van der Waals surface area (Å²) >= 11 is 4.23. The molecule has 2 heterocycles. The zero-order valence-electron chi connectivity index (χ0n) is 14.0. The van der Waals surface area contributed by atoms with E-state index in [1.165, 1.54) is 34.9 Å². The molecule has 1 aromatic carbocycles. The van der Waals surface area contributed by atoms with E-state index in [2.05, 4.69) is 15.5 Å². The van der Waals surface area contributed by atoms with E-state index in [0.29, 0.717) is 21.0 Å². The van der Waals surface area contributed by atoms with E-state index in [4.69, 9.17) is 9.15 Å². The first-order valence-electron chi connectivity index (χ1n) is 7.61. The Morgan fingerprint density at radius 1 is 1.27 bits per heavy atom. The Kier molecular flexibility index (Phi) is 6.17. The summed E-state index contributed by atoms with van der Waals surface area (Å²) < 4.78 is 12.2. The van der Waals surface area contributed by atoms with Crippen LogP contribution in [0.2, 0.25) is 0 Å². The van der Waals surface area contributed by atoms with Crippen LogP contribution in [0.5, 0.6) is 0 Å². The van der Waals surface area contributed by atoms with Gasteiger partial charge in [0.1, 0.15) is 11.3 Å². The predicted molar refractivity (Wildman–Crippen MR) is 103 cm³/mol. The van der Waals surface area contributed by atoms with Gasteiger partial charge in [-0.25, -0.2) is 4.79 Å². The van der Waals surface area contributed by atoms with Gasteiger partial charge in [-0.05, 0) is 25.3 Å². The first-order chi connectivity index (χ1) is 12.6. The summed E-state index contributed by atoms with van der Waals surface area (Å²) in [6.45, 7) is 1.92. The van der Waals surface area contributed by atoms with Crippen molar-refractivity contribution in [1.82, 2.24) is 10.2 Å². The van der Waals surface area contributed by atoms with E-state index >= 15 is 0 Å². The van der Waals surface area contributed by atoms with Gasteiger partial charge in [0.05, 0.1) is 12.4 Å². The highest BCUT2D eigenvalue weighted by molar-refractivity contribution is 8.03. The van der Waals surface area contributed by atoms with Crippen LogP contribution in [0, 0.1) is 0 Å². The van der Waals surface area contributed by atoms with E-state index < -0.39 is 5.97 Å². The minimum absolute atomic E-state index is 0.00742. The molecule has 0 fully saturated rings. The molecule has 0 spiro atoms. The number of carbonyl (C=O) groups is 2. The number of carbonyl (C=O) groups excluding carboxylic acids is 2. The van der Waals surface area contributed by atoms with E-state index in [9.17, 15) is 9.59 Å². The number of para-hydroxylation sites is 1. The Labute approximate surface area is 161 Å². The zero-order chi connectivity index (χ0) is 18.5. The van der Waals surface area contributed by atoms with Crippen molar-refractivity contribution in [2.24, 2.45) is 0 Å². The molecule has 0 aliphatic heterocycles. The molecule has 0 saturated heterocycles. The number of hydrogen-bond donors (Lipinski definition) is 1. The Bertz CT molecular complexity index is 938. The molecule has 3 aromatic rings. The fraction of sp³-hybridized carbons (Fsp3) is 0.250. The smallest absolute Gasteiger partial charge is 0.376 e. The largest absolute Gasteiger partial charge is 0.460 e. The van der Waals surface area contributed by atoms with Crippen molar-refractivity contribution in [3.8, 4) is 0 Å². The molecule has 0 aliphatic rings. The van der Waals surface area contributed by atoms with Gasteiger partial charge in [-0.2, -0.15) is 0 Å². The maximum Gasteiger partial charge on any atom is 0.376 e. The predicted octanol–water partition coefficient (Wildman–Crippen LogP) is 3.91. The summed E-state index contributed by atoms with van der Waals surface area (Å²) in [7, 11) is 0. The van der Waals surface area contributed by atoms with E-state index in [-0.39, 0.29) is 24.0 Å². The monoisotopic (exact) mass is 409 g/mol. The van der Waals surface area contributed by atoms with Gasteiger partial charge in [-0.3, -0.25) is 4.79 Å². The highest BCUT2D eigenvalue weighted by Gasteiger charge is 2.23. The molecule has 7 nitrogen and oxygen atoms in total. The number of furan rings is 1. The Morgan fingerprint density at radius 3 is 2.77 bits per heavy atom. The van der Waals surface area contributed by atoms with E-state index in [0.717, 1.165) is 4.34 Å². The average Bonchev–Trinajstić information content (AvgIpc) is 3.25. The maximum atomic E-state index is 12.4. The van der Waals surface area contributed by atoms with Crippen LogP contribution in [0.25, 0.3) is 11.0 Å². The molecule has 136 valence electrons. The Hall–Kier alpha value is -2.04. The molecule has 0 unspecified atom stereocenters. The van der Waals surface area contributed by atoms with Gasteiger partial charge in [0.15, 0.2) is 8.68 Å². The fourth-order valence-electron chi connectivity index (χ4n) is 2.15. The van der Waals surface area contributed by atoms with Crippen molar-refractivity contribution < 1.29 is 18.7 Å². The molecule has 10 heteroatoms. The van der Waals surface area contributed by atoms with Crippen molar-refractivity contribution in [1.29, 1.82) is 0 Å². The summed E-state index contributed by atoms with van der Waals surface area (Å²) in [6.07, 6.45) is 1.92. The third-order valence-electron chi connectivity index (χ3n) is 3.21. The third kappa shape index (κ3) is 4.19. The standard InChI is InChI=1S/C16H15N3O4S3/c1-3-22-14(21)13-12(9-6-4-5-7-10(9)23-13)17-11(20)8-25-16-19-18-15(24-2)26-16/h4-7H,3,8H2,1-2H3,(H,17,20). The van der Waals surface area contributed by atoms with Crippen molar-refractivity contribution in [3.05, 3.63) is 30.0 Å². The lowest BCUT2D eigenvalue weighted by Gasteiger charge is -2.05. The first-order valence-corrected chi connectivity index (χ1v) is 10.6. The van der Waals surface area contributed by atoms with Crippen LogP contribution < -0.4 is 5.32 Å². The van der Waals surface area contributed by atoms with Gasteiger partial charge < -0.3 is 14.5 Å². The second kappa shape index (κ2) is 8.56. The summed E-state index contributed by atoms with van der Waals surface area (Å²) in [5.74, 6) is -0.745. The lowest BCUT2D eigenvalue weighted by atomic mass is 10.2. The highest BCUT2D eigenvalue weighted by Crippen LogP contribution is 2.32. The molecule has 2 aromatic heterocycles. The molecule has 0 radical (unpaired) electrons. The summed E-state index contributed by atoms with van der Waals surface area (Å²) in [5.41, 5.74) is 0.832. The van der Waals surface area contributed by atoms with Crippen LogP contribution in [0.4, 0.5) is 5.69 Å². The molecule has 0 atom stereocenters. The summed E-state index contributed by atoms with van der Waals surface area (Å²) in [6, 6.07) is 7.11. The van der Waals surface area contributed by atoms with Gasteiger partial charge in [-0.1, -0.05) is 47.0 Å².